The Balaban J connectivity index is 0.00000200. The van der Waals surface area contributed by atoms with E-state index in [1.807, 2.05) is 24.0 Å². The van der Waals surface area contributed by atoms with Crippen LogP contribution in [0.3, 0.4) is 0 Å². The van der Waals surface area contributed by atoms with Crippen molar-refractivity contribution in [2.24, 2.45) is 12.0 Å². The number of thiazole rings is 1. The number of guanidine groups is 1. The van der Waals surface area contributed by atoms with Crippen molar-refractivity contribution in [3.8, 4) is 0 Å². The first-order chi connectivity index (χ1) is 9.19. The molecule has 2 aromatic rings. The highest BCUT2D eigenvalue weighted by Crippen LogP contribution is 2.10. The molecule has 6 nitrogen and oxygen atoms in total. The third-order valence-electron chi connectivity index (χ3n) is 2.66. The van der Waals surface area contributed by atoms with Crippen LogP contribution in [-0.2, 0) is 20.1 Å². The summed E-state index contributed by atoms with van der Waals surface area (Å²) in [4.78, 5) is 9.70. The molecule has 2 heterocycles. The largest absolute Gasteiger partial charge is 0.351 e. The zero-order chi connectivity index (χ0) is 13.7. The Morgan fingerprint density at radius 3 is 2.70 bits per heavy atom. The Labute approximate surface area is 139 Å². The lowest BCUT2D eigenvalue weighted by Gasteiger charge is -2.10. The van der Waals surface area contributed by atoms with Crippen molar-refractivity contribution in [2.45, 2.75) is 20.0 Å². The van der Waals surface area contributed by atoms with Crippen LogP contribution in [0.1, 0.15) is 15.6 Å². The van der Waals surface area contributed by atoms with E-state index in [-0.39, 0.29) is 24.0 Å². The van der Waals surface area contributed by atoms with Gasteiger partial charge < -0.3 is 10.6 Å². The van der Waals surface area contributed by atoms with Crippen LogP contribution in [0.4, 0.5) is 0 Å². The van der Waals surface area contributed by atoms with E-state index < -0.39 is 0 Å². The highest BCUT2D eigenvalue weighted by Gasteiger charge is 2.03. The fraction of sp³-hybridized carbons (Fsp3) is 0.417. The van der Waals surface area contributed by atoms with Gasteiger partial charge in [0.25, 0.3) is 0 Å². The summed E-state index contributed by atoms with van der Waals surface area (Å²) >= 11 is 1.69. The van der Waals surface area contributed by atoms with Gasteiger partial charge in [-0.15, -0.1) is 35.3 Å². The van der Waals surface area contributed by atoms with Crippen molar-refractivity contribution in [3.05, 3.63) is 34.0 Å². The smallest absolute Gasteiger partial charge is 0.191 e. The molecular formula is C12H19IN6S. The summed E-state index contributed by atoms with van der Waals surface area (Å²) in [5, 5.41) is 11.7. The van der Waals surface area contributed by atoms with E-state index in [0.717, 1.165) is 16.7 Å². The number of hydrogen-bond acceptors (Lipinski definition) is 4. The van der Waals surface area contributed by atoms with Crippen molar-refractivity contribution in [3.63, 3.8) is 0 Å². The number of aliphatic imine (C=N–C) groups is 1. The number of rotatable bonds is 4. The molecule has 0 saturated heterocycles. The van der Waals surface area contributed by atoms with Crippen molar-refractivity contribution >= 4 is 41.3 Å². The SMILES string of the molecule is CN=C(NCc1ncc(C)s1)NCc1ccnn1C.I. The molecule has 0 bridgehead atoms. The monoisotopic (exact) mass is 406 g/mol. The van der Waals surface area contributed by atoms with Gasteiger partial charge in [-0.05, 0) is 13.0 Å². The van der Waals surface area contributed by atoms with E-state index >= 15 is 0 Å². The third kappa shape index (κ3) is 4.75. The number of aryl methyl sites for hydroxylation is 2. The van der Waals surface area contributed by atoms with E-state index in [1.54, 1.807) is 24.6 Å². The Kier molecular flexibility index (Phi) is 6.93. The third-order valence-corrected chi connectivity index (χ3v) is 3.57. The molecule has 0 amide bonds. The van der Waals surface area contributed by atoms with Crippen LogP contribution >= 0.6 is 35.3 Å². The molecule has 0 unspecified atom stereocenters. The van der Waals surface area contributed by atoms with Gasteiger partial charge in [-0.3, -0.25) is 9.67 Å². The number of nitrogens with zero attached hydrogens (tertiary/aromatic N) is 4. The molecule has 110 valence electrons. The fourth-order valence-corrected chi connectivity index (χ4v) is 2.34. The molecule has 0 aromatic carbocycles. The molecule has 0 aliphatic carbocycles. The number of hydrogen-bond donors (Lipinski definition) is 2. The topological polar surface area (TPSA) is 67.1 Å². The molecule has 0 aliphatic rings. The summed E-state index contributed by atoms with van der Waals surface area (Å²) in [7, 11) is 3.68. The molecule has 0 aliphatic heterocycles. The first-order valence-electron chi connectivity index (χ1n) is 6.01. The molecule has 8 heteroatoms. The molecule has 2 aromatic heterocycles. The van der Waals surface area contributed by atoms with Gasteiger partial charge in [0.15, 0.2) is 5.96 Å². The van der Waals surface area contributed by atoms with Crippen LogP contribution in [0.25, 0.3) is 0 Å². The zero-order valence-electron chi connectivity index (χ0n) is 11.8. The maximum atomic E-state index is 4.31. The van der Waals surface area contributed by atoms with Crippen LogP contribution in [-0.4, -0.2) is 27.8 Å². The van der Waals surface area contributed by atoms with E-state index in [0.29, 0.717) is 13.1 Å². The van der Waals surface area contributed by atoms with Crippen molar-refractivity contribution < 1.29 is 0 Å². The minimum atomic E-state index is 0. The lowest BCUT2D eigenvalue weighted by molar-refractivity contribution is 0.684. The summed E-state index contributed by atoms with van der Waals surface area (Å²) in [6.07, 6.45) is 3.67. The molecule has 0 saturated carbocycles. The van der Waals surface area contributed by atoms with Gasteiger partial charge in [0, 0.05) is 31.4 Å². The lowest BCUT2D eigenvalue weighted by atomic mass is 10.4. The summed E-state index contributed by atoms with van der Waals surface area (Å²) in [6.45, 7) is 3.42. The first kappa shape index (κ1) is 16.9. The quantitative estimate of drug-likeness (QED) is 0.461. The van der Waals surface area contributed by atoms with E-state index in [2.05, 4.69) is 32.6 Å². The average Bonchev–Trinajstić information content (AvgIpc) is 2.99. The lowest BCUT2D eigenvalue weighted by Crippen LogP contribution is -2.36. The molecule has 0 spiro atoms. The normalized spacial score (nSPS) is 11.1. The molecular weight excluding hydrogens is 387 g/mol. The Bertz CT molecular complexity index is 562. The highest BCUT2D eigenvalue weighted by atomic mass is 127. The van der Waals surface area contributed by atoms with Gasteiger partial charge in [0.1, 0.15) is 5.01 Å². The molecule has 20 heavy (non-hydrogen) atoms. The van der Waals surface area contributed by atoms with E-state index in [1.165, 1.54) is 4.88 Å². The van der Waals surface area contributed by atoms with Gasteiger partial charge in [0.05, 0.1) is 18.8 Å². The predicted molar refractivity (Wildman–Crippen MR) is 92.5 cm³/mol. The minimum Gasteiger partial charge on any atom is -0.351 e. The van der Waals surface area contributed by atoms with Crippen molar-refractivity contribution in [1.29, 1.82) is 0 Å². The summed E-state index contributed by atoms with van der Waals surface area (Å²) in [5.74, 6) is 0.758. The van der Waals surface area contributed by atoms with Crippen LogP contribution in [0.5, 0.6) is 0 Å². The van der Waals surface area contributed by atoms with Gasteiger partial charge in [0.2, 0.25) is 0 Å². The minimum absolute atomic E-state index is 0. The summed E-state index contributed by atoms with van der Waals surface area (Å²) < 4.78 is 1.84. The van der Waals surface area contributed by atoms with Crippen LogP contribution in [0, 0.1) is 6.92 Å². The fourth-order valence-electron chi connectivity index (χ4n) is 1.61. The maximum absolute atomic E-state index is 4.31. The average molecular weight is 406 g/mol. The second-order valence-electron chi connectivity index (χ2n) is 4.09. The van der Waals surface area contributed by atoms with Crippen LogP contribution in [0.15, 0.2) is 23.5 Å². The highest BCUT2D eigenvalue weighted by molar-refractivity contribution is 14.0. The summed E-state index contributed by atoms with van der Waals surface area (Å²) in [5.41, 5.74) is 1.10. The van der Waals surface area contributed by atoms with Gasteiger partial charge >= 0.3 is 0 Å². The zero-order valence-corrected chi connectivity index (χ0v) is 14.9. The number of aromatic nitrogens is 3. The van der Waals surface area contributed by atoms with E-state index in [4.69, 9.17) is 0 Å². The second kappa shape index (κ2) is 8.20. The van der Waals surface area contributed by atoms with Crippen LogP contribution < -0.4 is 10.6 Å². The summed E-state index contributed by atoms with van der Waals surface area (Å²) in [6, 6.07) is 1.98. The molecule has 0 atom stereocenters. The maximum Gasteiger partial charge on any atom is 0.191 e. The molecule has 0 radical (unpaired) electrons. The van der Waals surface area contributed by atoms with Crippen LogP contribution in [0.2, 0.25) is 0 Å². The number of halogens is 1. The second-order valence-corrected chi connectivity index (χ2v) is 5.41. The predicted octanol–water partition coefficient (Wildman–Crippen LogP) is 1.67. The Morgan fingerprint density at radius 2 is 2.15 bits per heavy atom. The first-order valence-corrected chi connectivity index (χ1v) is 6.83. The Morgan fingerprint density at radius 1 is 1.40 bits per heavy atom. The standard InChI is InChI=1S/C12H18N6S.HI/c1-9-6-14-11(19-9)8-16-12(13-2)15-7-10-4-5-17-18(10)3;/h4-6H,7-8H2,1-3H3,(H2,13,15,16);1H. The molecule has 2 N–H and O–H groups in total. The van der Waals surface area contributed by atoms with Crippen molar-refractivity contribution in [2.75, 3.05) is 7.05 Å². The van der Waals surface area contributed by atoms with Crippen molar-refractivity contribution in [1.82, 2.24) is 25.4 Å². The van der Waals surface area contributed by atoms with Gasteiger partial charge in [-0.25, -0.2) is 4.98 Å². The molecule has 0 fully saturated rings. The van der Waals surface area contributed by atoms with E-state index in [9.17, 15) is 0 Å². The Hall–Kier alpha value is -1.16. The molecule has 2 rings (SSSR count). The van der Waals surface area contributed by atoms with Gasteiger partial charge in [-0.2, -0.15) is 5.10 Å². The van der Waals surface area contributed by atoms with Gasteiger partial charge in [-0.1, -0.05) is 0 Å². The number of nitrogens with one attached hydrogen (secondary N) is 2.